The van der Waals surface area contributed by atoms with Crippen molar-refractivity contribution in [3.05, 3.63) is 35.9 Å². The first-order valence-corrected chi connectivity index (χ1v) is 7.34. The Morgan fingerprint density at radius 2 is 1.89 bits per heavy atom. The summed E-state index contributed by atoms with van der Waals surface area (Å²) < 4.78 is 0. The van der Waals surface area contributed by atoms with Crippen LogP contribution >= 0.6 is 0 Å². The number of hydrogen-bond acceptors (Lipinski definition) is 2. The van der Waals surface area contributed by atoms with Crippen LogP contribution in [0.2, 0.25) is 0 Å². The molecule has 0 amide bonds. The van der Waals surface area contributed by atoms with E-state index >= 15 is 0 Å². The second kappa shape index (κ2) is 5.02. The van der Waals surface area contributed by atoms with Gasteiger partial charge < -0.3 is 4.90 Å². The number of rotatable bonds is 4. The molecule has 1 aromatic carbocycles. The number of nitrogens with zero attached hydrogens (tertiary/aromatic N) is 2. The molecule has 2 saturated heterocycles. The Morgan fingerprint density at radius 3 is 2.56 bits per heavy atom. The van der Waals surface area contributed by atoms with Gasteiger partial charge in [-0.3, -0.25) is 4.90 Å². The molecule has 1 aromatic rings. The van der Waals surface area contributed by atoms with Gasteiger partial charge in [0, 0.05) is 31.7 Å². The lowest BCUT2D eigenvalue weighted by molar-refractivity contribution is -0.00128. The molecule has 3 rings (SSSR count). The molecule has 2 aliphatic rings. The first kappa shape index (κ1) is 12.2. The molecule has 1 unspecified atom stereocenters. The zero-order valence-corrected chi connectivity index (χ0v) is 11.4. The van der Waals surface area contributed by atoms with E-state index in [9.17, 15) is 0 Å². The Kier molecular flexibility index (Phi) is 3.40. The molecule has 18 heavy (non-hydrogen) atoms. The molecule has 2 heterocycles. The van der Waals surface area contributed by atoms with E-state index in [2.05, 4.69) is 47.1 Å². The normalized spacial score (nSPS) is 28.7. The standard InChI is InChI=1S/C16H24N2/c1-2-18-13-10-16(18)9-12-17(14-16)11-8-15-6-4-3-5-7-15/h3-7H,2,8-14H2,1H3. The number of likely N-dealkylation sites (N-methyl/N-ethyl adjacent to an activating group) is 1. The minimum absolute atomic E-state index is 0.561. The van der Waals surface area contributed by atoms with Gasteiger partial charge in [0.15, 0.2) is 0 Å². The average Bonchev–Trinajstić information content (AvgIpc) is 2.84. The van der Waals surface area contributed by atoms with E-state index in [1.165, 1.54) is 57.5 Å². The van der Waals surface area contributed by atoms with Crippen molar-refractivity contribution in [3.8, 4) is 0 Å². The van der Waals surface area contributed by atoms with Gasteiger partial charge in [-0.15, -0.1) is 0 Å². The summed E-state index contributed by atoms with van der Waals surface area (Å²) in [6.45, 7) is 8.67. The summed E-state index contributed by atoms with van der Waals surface area (Å²) in [5.41, 5.74) is 2.03. The largest absolute Gasteiger partial charge is 0.301 e. The number of hydrogen-bond donors (Lipinski definition) is 0. The minimum Gasteiger partial charge on any atom is -0.301 e. The van der Waals surface area contributed by atoms with E-state index in [4.69, 9.17) is 0 Å². The Labute approximate surface area is 111 Å². The van der Waals surface area contributed by atoms with Crippen molar-refractivity contribution in [1.29, 1.82) is 0 Å². The maximum absolute atomic E-state index is 2.68. The zero-order chi connectivity index (χ0) is 12.4. The molecule has 0 bridgehead atoms. The maximum atomic E-state index is 2.68. The average molecular weight is 244 g/mol. The Hall–Kier alpha value is -0.860. The third kappa shape index (κ3) is 2.19. The van der Waals surface area contributed by atoms with Crippen molar-refractivity contribution >= 4 is 0 Å². The van der Waals surface area contributed by atoms with Crippen LogP contribution in [-0.4, -0.2) is 48.1 Å². The topological polar surface area (TPSA) is 6.48 Å². The van der Waals surface area contributed by atoms with E-state index in [1.807, 2.05) is 0 Å². The smallest absolute Gasteiger partial charge is 0.0360 e. The summed E-state index contributed by atoms with van der Waals surface area (Å²) in [5, 5.41) is 0. The van der Waals surface area contributed by atoms with Crippen molar-refractivity contribution in [2.75, 3.05) is 32.7 Å². The molecular weight excluding hydrogens is 220 g/mol. The van der Waals surface area contributed by atoms with Crippen molar-refractivity contribution in [3.63, 3.8) is 0 Å². The van der Waals surface area contributed by atoms with Gasteiger partial charge in [0.25, 0.3) is 0 Å². The SMILES string of the molecule is CCN1CCC12CCN(CCc1ccccc1)C2. The van der Waals surface area contributed by atoms with Crippen LogP contribution in [-0.2, 0) is 6.42 Å². The summed E-state index contributed by atoms with van der Waals surface area (Å²) in [5.74, 6) is 0. The van der Waals surface area contributed by atoms with E-state index in [0.717, 1.165) is 0 Å². The first-order valence-electron chi connectivity index (χ1n) is 7.34. The van der Waals surface area contributed by atoms with E-state index in [0.29, 0.717) is 5.54 Å². The summed E-state index contributed by atoms with van der Waals surface area (Å²) in [6, 6.07) is 10.9. The summed E-state index contributed by atoms with van der Waals surface area (Å²) in [7, 11) is 0. The highest BCUT2D eigenvalue weighted by Gasteiger charge is 2.47. The number of likely N-dealkylation sites (tertiary alicyclic amines) is 2. The Balaban J connectivity index is 1.51. The van der Waals surface area contributed by atoms with Crippen LogP contribution in [0.4, 0.5) is 0 Å². The maximum Gasteiger partial charge on any atom is 0.0360 e. The van der Waals surface area contributed by atoms with Crippen LogP contribution in [0.1, 0.15) is 25.3 Å². The fourth-order valence-electron chi connectivity index (χ4n) is 3.61. The Bertz CT molecular complexity index is 387. The molecule has 0 radical (unpaired) electrons. The zero-order valence-electron chi connectivity index (χ0n) is 11.4. The fourth-order valence-corrected chi connectivity index (χ4v) is 3.61. The molecule has 0 N–H and O–H groups in total. The number of benzene rings is 1. The van der Waals surface area contributed by atoms with Crippen LogP contribution in [0, 0.1) is 0 Å². The van der Waals surface area contributed by atoms with Gasteiger partial charge in [0.2, 0.25) is 0 Å². The van der Waals surface area contributed by atoms with Crippen molar-refractivity contribution in [2.24, 2.45) is 0 Å². The molecule has 2 nitrogen and oxygen atoms in total. The van der Waals surface area contributed by atoms with Gasteiger partial charge in [-0.25, -0.2) is 0 Å². The monoisotopic (exact) mass is 244 g/mol. The quantitative estimate of drug-likeness (QED) is 0.802. The van der Waals surface area contributed by atoms with E-state index in [-0.39, 0.29) is 0 Å². The molecule has 2 aliphatic heterocycles. The predicted molar refractivity (Wildman–Crippen MR) is 75.8 cm³/mol. The van der Waals surface area contributed by atoms with Gasteiger partial charge >= 0.3 is 0 Å². The lowest BCUT2D eigenvalue weighted by Crippen LogP contribution is -2.60. The van der Waals surface area contributed by atoms with Gasteiger partial charge in [0.1, 0.15) is 0 Å². The van der Waals surface area contributed by atoms with Crippen LogP contribution in [0.5, 0.6) is 0 Å². The molecule has 1 spiro atoms. The van der Waals surface area contributed by atoms with Crippen LogP contribution in [0.3, 0.4) is 0 Å². The molecule has 0 aromatic heterocycles. The highest BCUT2D eigenvalue weighted by Crippen LogP contribution is 2.38. The highest BCUT2D eigenvalue weighted by molar-refractivity contribution is 5.15. The van der Waals surface area contributed by atoms with Gasteiger partial charge in [0.05, 0.1) is 0 Å². The molecule has 2 heteroatoms. The third-order valence-electron chi connectivity index (χ3n) is 4.87. The Morgan fingerprint density at radius 1 is 1.11 bits per heavy atom. The fraction of sp³-hybridized carbons (Fsp3) is 0.625. The molecule has 1 atom stereocenters. The van der Waals surface area contributed by atoms with Crippen LogP contribution in [0.25, 0.3) is 0 Å². The van der Waals surface area contributed by atoms with Gasteiger partial charge in [-0.2, -0.15) is 0 Å². The molecule has 0 aliphatic carbocycles. The second-order valence-corrected chi connectivity index (χ2v) is 5.82. The first-order chi connectivity index (χ1) is 8.82. The predicted octanol–water partition coefficient (Wildman–Crippen LogP) is 2.40. The lowest BCUT2D eigenvalue weighted by Gasteiger charge is -2.50. The molecule has 2 fully saturated rings. The van der Waals surface area contributed by atoms with Crippen molar-refractivity contribution in [1.82, 2.24) is 9.80 Å². The summed E-state index contributed by atoms with van der Waals surface area (Å²) >= 11 is 0. The van der Waals surface area contributed by atoms with Gasteiger partial charge in [-0.1, -0.05) is 37.3 Å². The lowest BCUT2D eigenvalue weighted by atomic mass is 9.84. The van der Waals surface area contributed by atoms with Crippen LogP contribution in [0.15, 0.2) is 30.3 Å². The summed E-state index contributed by atoms with van der Waals surface area (Å²) in [4.78, 5) is 5.34. The molecule has 98 valence electrons. The van der Waals surface area contributed by atoms with E-state index < -0.39 is 0 Å². The minimum atomic E-state index is 0.561. The second-order valence-electron chi connectivity index (χ2n) is 5.82. The van der Waals surface area contributed by atoms with Crippen molar-refractivity contribution < 1.29 is 0 Å². The highest BCUT2D eigenvalue weighted by atomic mass is 15.3. The van der Waals surface area contributed by atoms with E-state index in [1.54, 1.807) is 0 Å². The summed E-state index contributed by atoms with van der Waals surface area (Å²) in [6.07, 6.45) is 4.00. The third-order valence-corrected chi connectivity index (χ3v) is 4.87. The van der Waals surface area contributed by atoms with Crippen molar-refractivity contribution in [2.45, 2.75) is 31.7 Å². The molecular formula is C16H24N2. The van der Waals surface area contributed by atoms with Gasteiger partial charge in [-0.05, 0) is 31.4 Å². The van der Waals surface area contributed by atoms with Crippen LogP contribution < -0.4 is 0 Å². The molecule has 0 saturated carbocycles.